The van der Waals surface area contributed by atoms with Gasteiger partial charge in [0.05, 0.1) is 0 Å². The summed E-state index contributed by atoms with van der Waals surface area (Å²) >= 11 is 0. The number of benzene rings is 1. The minimum Gasteiger partial charge on any atom is -0.350 e. The predicted octanol–water partition coefficient (Wildman–Crippen LogP) is 3.48. The molecule has 32 heavy (non-hydrogen) atoms. The van der Waals surface area contributed by atoms with Crippen molar-refractivity contribution >= 4 is 17.6 Å². The minimum absolute atomic E-state index is 0.0599. The number of carbonyl (C=O) groups is 3. The lowest BCUT2D eigenvalue weighted by molar-refractivity contribution is -0.133. The number of likely N-dealkylation sites (tertiary alicyclic amines) is 1. The van der Waals surface area contributed by atoms with Crippen LogP contribution in [0.25, 0.3) is 0 Å². The molecule has 2 amide bonds. The Bertz CT molecular complexity index is 974. The van der Waals surface area contributed by atoms with E-state index in [9.17, 15) is 14.4 Å². The van der Waals surface area contributed by atoms with Gasteiger partial charge in [0, 0.05) is 55.3 Å². The number of rotatable bonds is 7. The summed E-state index contributed by atoms with van der Waals surface area (Å²) in [5, 5.41) is 3.17. The van der Waals surface area contributed by atoms with Crippen molar-refractivity contribution in [3.05, 3.63) is 65.5 Å². The van der Waals surface area contributed by atoms with Crippen LogP contribution in [-0.2, 0) is 16.0 Å². The Hall–Kier alpha value is -3.02. The van der Waals surface area contributed by atoms with Crippen molar-refractivity contribution in [2.24, 2.45) is 5.92 Å². The van der Waals surface area contributed by atoms with E-state index in [0.717, 1.165) is 25.7 Å². The van der Waals surface area contributed by atoms with Crippen molar-refractivity contribution in [3.63, 3.8) is 0 Å². The van der Waals surface area contributed by atoms with E-state index in [2.05, 4.69) is 41.5 Å². The molecule has 0 aliphatic carbocycles. The lowest BCUT2D eigenvalue weighted by Gasteiger charge is -2.34. The first kappa shape index (κ1) is 22.2. The second-order valence-corrected chi connectivity index (χ2v) is 9.28. The van der Waals surface area contributed by atoms with Crippen molar-refractivity contribution in [1.82, 2.24) is 15.2 Å². The van der Waals surface area contributed by atoms with E-state index in [-0.39, 0.29) is 29.1 Å². The van der Waals surface area contributed by atoms with Gasteiger partial charge in [-0.25, -0.2) is 0 Å². The van der Waals surface area contributed by atoms with E-state index < -0.39 is 0 Å². The van der Waals surface area contributed by atoms with Crippen LogP contribution in [0.15, 0.2) is 48.8 Å². The topological polar surface area (TPSA) is 79.4 Å². The van der Waals surface area contributed by atoms with Gasteiger partial charge >= 0.3 is 0 Å². The average Bonchev–Trinajstić information content (AvgIpc) is 3.19. The normalized spacial score (nSPS) is 23.1. The Morgan fingerprint density at radius 1 is 1.22 bits per heavy atom. The van der Waals surface area contributed by atoms with Gasteiger partial charge in [-0.2, -0.15) is 0 Å². The first-order chi connectivity index (χ1) is 15.4. The van der Waals surface area contributed by atoms with Gasteiger partial charge in [0.15, 0.2) is 5.78 Å². The third kappa shape index (κ3) is 5.23. The largest absolute Gasteiger partial charge is 0.350 e. The maximum atomic E-state index is 13.1. The van der Waals surface area contributed by atoms with Gasteiger partial charge < -0.3 is 10.2 Å². The molecule has 2 atom stereocenters. The average molecular weight is 434 g/mol. The van der Waals surface area contributed by atoms with Crippen molar-refractivity contribution < 1.29 is 14.4 Å². The van der Waals surface area contributed by atoms with E-state index in [4.69, 9.17) is 0 Å². The highest BCUT2D eigenvalue weighted by Gasteiger charge is 2.38. The first-order valence-electron chi connectivity index (χ1n) is 11.5. The second kappa shape index (κ2) is 9.63. The van der Waals surface area contributed by atoms with Crippen LogP contribution in [0.4, 0.5) is 0 Å². The second-order valence-electron chi connectivity index (χ2n) is 9.28. The molecule has 2 aromatic rings. The summed E-state index contributed by atoms with van der Waals surface area (Å²) in [5.41, 5.74) is 2.61. The van der Waals surface area contributed by atoms with Gasteiger partial charge in [0.25, 0.3) is 0 Å². The van der Waals surface area contributed by atoms with Crippen LogP contribution < -0.4 is 5.32 Å². The summed E-state index contributed by atoms with van der Waals surface area (Å²) in [5.74, 6) is 0.0156. The fraction of sp³-hybridized carbons (Fsp3) is 0.462. The number of carbonyl (C=O) groups excluding carboxylic acids is 3. The van der Waals surface area contributed by atoms with E-state index in [1.54, 1.807) is 24.5 Å². The van der Waals surface area contributed by atoms with Crippen LogP contribution in [0.2, 0.25) is 0 Å². The van der Waals surface area contributed by atoms with E-state index >= 15 is 0 Å². The highest BCUT2D eigenvalue weighted by Crippen LogP contribution is 2.30. The molecule has 2 aliphatic rings. The number of Topliss-reactive ketones (excluding diaryl/α,β-unsaturated/α-hetero) is 1. The van der Waals surface area contributed by atoms with Crippen LogP contribution in [0.1, 0.15) is 60.0 Å². The molecule has 1 N–H and O–H groups in total. The zero-order valence-corrected chi connectivity index (χ0v) is 18.7. The summed E-state index contributed by atoms with van der Waals surface area (Å²) in [6, 6.07) is 11.9. The monoisotopic (exact) mass is 433 g/mol. The van der Waals surface area contributed by atoms with Crippen LogP contribution in [-0.4, -0.2) is 46.1 Å². The highest BCUT2D eigenvalue weighted by atomic mass is 16.2. The van der Waals surface area contributed by atoms with Crippen LogP contribution >= 0.6 is 0 Å². The van der Waals surface area contributed by atoms with Gasteiger partial charge in [-0.1, -0.05) is 29.8 Å². The summed E-state index contributed by atoms with van der Waals surface area (Å²) in [7, 11) is 0. The van der Waals surface area contributed by atoms with E-state index in [0.29, 0.717) is 37.9 Å². The lowest BCUT2D eigenvalue weighted by atomic mass is 9.84. The quantitative estimate of drug-likeness (QED) is 0.678. The van der Waals surface area contributed by atoms with Crippen LogP contribution in [0.3, 0.4) is 0 Å². The molecule has 6 heteroatoms. The van der Waals surface area contributed by atoms with Crippen molar-refractivity contribution in [3.8, 4) is 0 Å². The fourth-order valence-electron chi connectivity index (χ4n) is 4.94. The van der Waals surface area contributed by atoms with Crippen LogP contribution in [0, 0.1) is 12.8 Å². The molecular weight excluding hydrogens is 402 g/mol. The zero-order valence-electron chi connectivity index (χ0n) is 18.7. The van der Waals surface area contributed by atoms with Crippen molar-refractivity contribution in [2.45, 2.75) is 57.4 Å². The zero-order chi connectivity index (χ0) is 22.6. The highest BCUT2D eigenvalue weighted by molar-refractivity contribution is 5.98. The maximum absolute atomic E-state index is 13.1. The maximum Gasteiger partial charge on any atom is 0.222 e. The molecule has 4 rings (SSSR count). The number of pyridine rings is 1. The number of aromatic nitrogens is 1. The number of amides is 2. The van der Waals surface area contributed by atoms with Gasteiger partial charge in [-0.3, -0.25) is 19.4 Å². The Balaban J connectivity index is 1.38. The molecule has 0 radical (unpaired) electrons. The first-order valence-corrected chi connectivity index (χ1v) is 11.5. The van der Waals surface area contributed by atoms with Gasteiger partial charge in [-0.15, -0.1) is 0 Å². The fourth-order valence-corrected chi connectivity index (χ4v) is 4.94. The molecule has 168 valence electrons. The molecule has 1 aromatic carbocycles. The Labute approximate surface area is 189 Å². The number of piperidine rings is 1. The van der Waals surface area contributed by atoms with Crippen LogP contribution in [0.5, 0.6) is 0 Å². The minimum atomic E-state index is -0.372. The molecule has 2 unspecified atom stereocenters. The molecule has 2 aliphatic heterocycles. The molecule has 0 spiro atoms. The number of nitrogens with one attached hydrogen (secondary N) is 1. The third-order valence-corrected chi connectivity index (χ3v) is 6.81. The molecule has 1 aromatic heterocycles. The smallest absolute Gasteiger partial charge is 0.222 e. The van der Waals surface area contributed by atoms with E-state index in [1.165, 1.54) is 11.1 Å². The lowest BCUT2D eigenvalue weighted by Crippen LogP contribution is -2.46. The molecule has 6 nitrogen and oxygen atoms in total. The number of hydrogen-bond acceptors (Lipinski definition) is 4. The molecule has 2 saturated heterocycles. The third-order valence-electron chi connectivity index (χ3n) is 6.81. The number of nitrogens with zero attached hydrogens (tertiary/aromatic N) is 2. The molecule has 0 saturated carbocycles. The molecule has 2 fully saturated rings. The Morgan fingerprint density at radius 3 is 2.72 bits per heavy atom. The summed E-state index contributed by atoms with van der Waals surface area (Å²) in [6.45, 7) is 3.21. The van der Waals surface area contributed by atoms with Gasteiger partial charge in [0.2, 0.25) is 11.8 Å². The van der Waals surface area contributed by atoms with Gasteiger partial charge in [0.1, 0.15) is 0 Å². The van der Waals surface area contributed by atoms with Crippen molar-refractivity contribution in [2.75, 3.05) is 13.1 Å². The molecule has 0 bridgehead atoms. The Kier molecular flexibility index (Phi) is 6.68. The summed E-state index contributed by atoms with van der Waals surface area (Å²) < 4.78 is 0. The molecular formula is C26H31N3O3. The van der Waals surface area contributed by atoms with E-state index in [1.807, 2.05) is 4.90 Å². The summed E-state index contributed by atoms with van der Waals surface area (Å²) in [4.78, 5) is 43.8. The van der Waals surface area contributed by atoms with Crippen molar-refractivity contribution in [1.29, 1.82) is 0 Å². The predicted molar refractivity (Wildman–Crippen MR) is 122 cm³/mol. The standard InChI is InChI=1S/C26H31N3O3/c1-19-6-8-20(9-7-19)16-26(12-10-23(30)28-26)13-11-24(31)29-15-3-5-22(18-29)25(32)21-4-2-14-27-17-21/h2,4,6-9,14,17,22H,3,5,10-13,15-16,18H2,1H3,(H,28,30). The Morgan fingerprint density at radius 2 is 2.03 bits per heavy atom. The van der Waals surface area contributed by atoms with Gasteiger partial charge in [-0.05, 0) is 56.7 Å². The molecule has 3 heterocycles. The number of ketones is 1. The summed E-state index contributed by atoms with van der Waals surface area (Å²) in [6.07, 6.45) is 7.85. The number of hydrogen-bond donors (Lipinski definition) is 1. The SMILES string of the molecule is Cc1ccc(CC2(CCC(=O)N3CCCC(C(=O)c4cccnc4)C3)CCC(=O)N2)cc1. The number of aryl methyl sites for hydroxylation is 1.